The van der Waals surface area contributed by atoms with Gasteiger partial charge in [-0.3, -0.25) is 4.90 Å². The Kier molecular flexibility index (Phi) is 3.05. The van der Waals surface area contributed by atoms with Crippen molar-refractivity contribution >= 4 is 0 Å². The van der Waals surface area contributed by atoms with E-state index < -0.39 is 0 Å². The highest BCUT2D eigenvalue weighted by Crippen LogP contribution is 2.21. The van der Waals surface area contributed by atoms with Crippen molar-refractivity contribution in [2.75, 3.05) is 13.1 Å². The molecule has 1 aliphatic rings. The van der Waals surface area contributed by atoms with Crippen molar-refractivity contribution in [1.29, 1.82) is 0 Å². The lowest BCUT2D eigenvalue weighted by Gasteiger charge is -2.33. The van der Waals surface area contributed by atoms with Gasteiger partial charge in [0, 0.05) is 13.1 Å². The minimum Gasteiger partial charge on any atom is -0.338 e. The molecule has 84 valence electrons. The first kappa shape index (κ1) is 10.6. The standard InChI is InChI=1S/C11H19N3O/c1-8-4-9(2)6-14(5-8)7-11-12-10(3)13-15-11/h8-9H,4-7H2,1-3H3/t8-,9+. The molecule has 4 heteroatoms. The van der Waals surface area contributed by atoms with Crippen LogP contribution in [0, 0.1) is 18.8 Å². The van der Waals surface area contributed by atoms with E-state index in [1.165, 1.54) is 6.42 Å². The first-order valence-corrected chi connectivity index (χ1v) is 5.65. The van der Waals surface area contributed by atoms with E-state index in [1.54, 1.807) is 0 Å². The molecule has 0 radical (unpaired) electrons. The molecule has 0 bridgehead atoms. The van der Waals surface area contributed by atoms with E-state index in [9.17, 15) is 0 Å². The third kappa shape index (κ3) is 2.78. The average Bonchev–Trinajstić information content (AvgIpc) is 2.49. The molecule has 1 fully saturated rings. The Bertz CT molecular complexity index is 313. The SMILES string of the molecule is Cc1noc(CN2C[C@H](C)C[C@H](C)C2)n1. The molecule has 1 aromatic rings. The fourth-order valence-electron chi connectivity index (χ4n) is 2.52. The Morgan fingerprint density at radius 1 is 1.33 bits per heavy atom. The predicted molar refractivity (Wildman–Crippen MR) is 57.3 cm³/mol. The summed E-state index contributed by atoms with van der Waals surface area (Å²) in [6, 6.07) is 0. The van der Waals surface area contributed by atoms with Gasteiger partial charge in [-0.05, 0) is 25.2 Å². The van der Waals surface area contributed by atoms with Crippen LogP contribution in [0.4, 0.5) is 0 Å². The lowest BCUT2D eigenvalue weighted by atomic mass is 9.92. The van der Waals surface area contributed by atoms with Gasteiger partial charge in [0.1, 0.15) is 0 Å². The van der Waals surface area contributed by atoms with Crippen LogP contribution in [0.3, 0.4) is 0 Å². The number of hydrogen-bond donors (Lipinski definition) is 0. The van der Waals surface area contributed by atoms with Gasteiger partial charge in [-0.1, -0.05) is 19.0 Å². The van der Waals surface area contributed by atoms with Crippen molar-refractivity contribution < 1.29 is 4.52 Å². The number of aromatic nitrogens is 2. The Morgan fingerprint density at radius 3 is 2.53 bits per heavy atom. The van der Waals surface area contributed by atoms with Gasteiger partial charge in [-0.15, -0.1) is 0 Å². The van der Waals surface area contributed by atoms with E-state index in [1.807, 2.05) is 6.92 Å². The molecule has 2 rings (SSSR count). The van der Waals surface area contributed by atoms with Crippen molar-refractivity contribution in [3.05, 3.63) is 11.7 Å². The van der Waals surface area contributed by atoms with Crippen molar-refractivity contribution in [3.63, 3.8) is 0 Å². The summed E-state index contributed by atoms with van der Waals surface area (Å²) in [6.45, 7) is 9.56. The number of aryl methyl sites for hydroxylation is 1. The molecule has 1 saturated heterocycles. The van der Waals surface area contributed by atoms with Crippen LogP contribution < -0.4 is 0 Å². The maximum atomic E-state index is 5.13. The molecule has 0 unspecified atom stereocenters. The van der Waals surface area contributed by atoms with E-state index in [0.717, 1.165) is 43.2 Å². The van der Waals surface area contributed by atoms with Crippen LogP contribution in [0.15, 0.2) is 4.52 Å². The molecular weight excluding hydrogens is 190 g/mol. The van der Waals surface area contributed by atoms with Crippen LogP contribution in [0.5, 0.6) is 0 Å². The van der Waals surface area contributed by atoms with Gasteiger partial charge in [0.15, 0.2) is 5.82 Å². The highest BCUT2D eigenvalue weighted by atomic mass is 16.5. The molecule has 0 amide bonds. The van der Waals surface area contributed by atoms with Gasteiger partial charge in [0.25, 0.3) is 0 Å². The number of nitrogens with zero attached hydrogens (tertiary/aromatic N) is 3. The number of likely N-dealkylation sites (tertiary alicyclic amines) is 1. The van der Waals surface area contributed by atoms with E-state index in [4.69, 9.17) is 4.52 Å². The Labute approximate surface area is 90.7 Å². The van der Waals surface area contributed by atoms with Crippen LogP contribution in [0.25, 0.3) is 0 Å². The van der Waals surface area contributed by atoms with Gasteiger partial charge in [0.2, 0.25) is 5.89 Å². The normalized spacial score (nSPS) is 28.2. The van der Waals surface area contributed by atoms with Crippen LogP contribution in [-0.4, -0.2) is 28.1 Å². The summed E-state index contributed by atoms with van der Waals surface area (Å²) in [7, 11) is 0. The maximum absolute atomic E-state index is 5.13. The van der Waals surface area contributed by atoms with Crippen LogP contribution in [0.2, 0.25) is 0 Å². The molecule has 1 aromatic heterocycles. The van der Waals surface area contributed by atoms with Gasteiger partial charge >= 0.3 is 0 Å². The second-order valence-corrected chi connectivity index (χ2v) is 4.88. The first-order valence-electron chi connectivity index (χ1n) is 5.65. The van der Waals surface area contributed by atoms with Gasteiger partial charge in [0.05, 0.1) is 6.54 Å². The summed E-state index contributed by atoms with van der Waals surface area (Å²) in [5.41, 5.74) is 0. The summed E-state index contributed by atoms with van der Waals surface area (Å²) >= 11 is 0. The summed E-state index contributed by atoms with van der Waals surface area (Å²) in [4.78, 5) is 6.64. The summed E-state index contributed by atoms with van der Waals surface area (Å²) in [5, 5.41) is 3.81. The number of hydrogen-bond acceptors (Lipinski definition) is 4. The molecule has 2 heterocycles. The van der Waals surface area contributed by atoms with Crippen LogP contribution in [0.1, 0.15) is 32.0 Å². The fraction of sp³-hybridized carbons (Fsp3) is 0.818. The quantitative estimate of drug-likeness (QED) is 0.745. The largest absolute Gasteiger partial charge is 0.338 e. The van der Waals surface area contributed by atoms with Crippen molar-refractivity contribution in [2.24, 2.45) is 11.8 Å². The molecule has 2 atom stereocenters. The van der Waals surface area contributed by atoms with Crippen molar-refractivity contribution in [1.82, 2.24) is 15.0 Å². The topological polar surface area (TPSA) is 42.2 Å². The summed E-state index contributed by atoms with van der Waals surface area (Å²) in [5.74, 6) is 3.02. The molecule has 1 aliphatic heterocycles. The second-order valence-electron chi connectivity index (χ2n) is 4.88. The second kappa shape index (κ2) is 4.31. The smallest absolute Gasteiger partial charge is 0.240 e. The van der Waals surface area contributed by atoms with Crippen molar-refractivity contribution in [3.8, 4) is 0 Å². The minimum absolute atomic E-state index is 0.725. The maximum Gasteiger partial charge on any atom is 0.240 e. The molecular formula is C11H19N3O. The lowest BCUT2D eigenvalue weighted by molar-refractivity contribution is 0.121. The van der Waals surface area contributed by atoms with Crippen molar-refractivity contribution in [2.45, 2.75) is 33.7 Å². The van der Waals surface area contributed by atoms with E-state index in [2.05, 4.69) is 28.9 Å². The third-order valence-corrected chi connectivity index (χ3v) is 2.87. The zero-order valence-electron chi connectivity index (χ0n) is 9.73. The minimum atomic E-state index is 0.725. The van der Waals surface area contributed by atoms with Gasteiger partial charge < -0.3 is 4.52 Å². The highest BCUT2D eigenvalue weighted by Gasteiger charge is 2.22. The zero-order valence-corrected chi connectivity index (χ0v) is 9.73. The van der Waals surface area contributed by atoms with Crippen LogP contribution >= 0.6 is 0 Å². The predicted octanol–water partition coefficient (Wildman–Crippen LogP) is 1.86. The van der Waals surface area contributed by atoms with Crippen LogP contribution in [-0.2, 0) is 6.54 Å². The molecule has 15 heavy (non-hydrogen) atoms. The molecule has 0 aromatic carbocycles. The molecule has 0 saturated carbocycles. The molecule has 0 spiro atoms. The zero-order chi connectivity index (χ0) is 10.8. The molecule has 4 nitrogen and oxygen atoms in total. The lowest BCUT2D eigenvalue weighted by Crippen LogP contribution is -2.38. The molecule has 0 aliphatic carbocycles. The summed E-state index contributed by atoms with van der Waals surface area (Å²) < 4.78 is 5.13. The Balaban J connectivity index is 1.94. The van der Waals surface area contributed by atoms with E-state index in [0.29, 0.717) is 0 Å². The highest BCUT2D eigenvalue weighted by molar-refractivity contribution is 4.85. The van der Waals surface area contributed by atoms with Gasteiger partial charge in [-0.2, -0.15) is 4.98 Å². The van der Waals surface area contributed by atoms with Gasteiger partial charge in [-0.25, -0.2) is 0 Å². The van der Waals surface area contributed by atoms with E-state index in [-0.39, 0.29) is 0 Å². The Morgan fingerprint density at radius 2 is 2.00 bits per heavy atom. The summed E-state index contributed by atoms with van der Waals surface area (Å²) in [6.07, 6.45) is 1.33. The number of rotatable bonds is 2. The first-order chi connectivity index (χ1) is 7.13. The Hall–Kier alpha value is -0.900. The third-order valence-electron chi connectivity index (χ3n) is 2.87. The monoisotopic (exact) mass is 209 g/mol. The molecule has 0 N–H and O–H groups in total. The fourth-order valence-corrected chi connectivity index (χ4v) is 2.52. The number of piperidine rings is 1. The van der Waals surface area contributed by atoms with E-state index >= 15 is 0 Å². The average molecular weight is 209 g/mol.